The van der Waals surface area contributed by atoms with Crippen molar-refractivity contribution in [1.82, 2.24) is 20.1 Å². The van der Waals surface area contributed by atoms with Gasteiger partial charge in [-0.2, -0.15) is 13.2 Å². The van der Waals surface area contributed by atoms with Crippen molar-refractivity contribution in [2.45, 2.75) is 17.8 Å². The number of alkyl halides is 3. The first-order valence-corrected chi connectivity index (χ1v) is 10.2. The predicted molar refractivity (Wildman–Crippen MR) is 111 cm³/mol. The molecule has 3 aromatic rings. The van der Waals surface area contributed by atoms with Gasteiger partial charge >= 0.3 is 12.2 Å². The highest BCUT2D eigenvalue weighted by molar-refractivity contribution is 7.99. The molecule has 2 aromatic carbocycles. The molecule has 0 radical (unpaired) electrons. The number of nitrogens with two attached hydrogens (primary N) is 1. The van der Waals surface area contributed by atoms with E-state index in [0.717, 1.165) is 23.9 Å². The molecule has 1 heterocycles. The molecule has 0 unspecified atom stereocenters. The Kier molecular flexibility index (Phi) is 7.03. The van der Waals surface area contributed by atoms with E-state index < -0.39 is 23.7 Å². The summed E-state index contributed by atoms with van der Waals surface area (Å²) in [7, 11) is 1.52. The van der Waals surface area contributed by atoms with E-state index in [2.05, 4.69) is 10.2 Å². The van der Waals surface area contributed by atoms with Crippen LogP contribution in [0.4, 0.5) is 18.0 Å². The van der Waals surface area contributed by atoms with Gasteiger partial charge in [-0.05, 0) is 42.5 Å². The zero-order valence-corrected chi connectivity index (χ0v) is 17.5. The zero-order chi connectivity index (χ0) is 23.3. The van der Waals surface area contributed by atoms with Crippen molar-refractivity contribution in [1.29, 1.82) is 0 Å². The number of hydrogen-bond acceptors (Lipinski definition) is 6. The summed E-state index contributed by atoms with van der Waals surface area (Å²) in [5, 5.41) is 10.5. The van der Waals surface area contributed by atoms with Gasteiger partial charge in [0.15, 0.2) is 11.0 Å². The van der Waals surface area contributed by atoms with Crippen molar-refractivity contribution in [2.75, 3.05) is 12.9 Å². The molecule has 3 rings (SSSR count). The minimum absolute atomic E-state index is 0.0546. The summed E-state index contributed by atoms with van der Waals surface area (Å²) in [5.74, 6) is 0.536. The summed E-state index contributed by atoms with van der Waals surface area (Å²) in [6.07, 6.45) is -4.58. The maximum atomic E-state index is 13.3. The highest BCUT2D eigenvalue weighted by Gasteiger charge is 2.31. The number of imide groups is 1. The Morgan fingerprint density at radius 3 is 2.50 bits per heavy atom. The van der Waals surface area contributed by atoms with Crippen molar-refractivity contribution >= 4 is 23.7 Å². The molecular formula is C20H18F3N5O3S. The Morgan fingerprint density at radius 1 is 1.16 bits per heavy atom. The van der Waals surface area contributed by atoms with Crippen LogP contribution < -0.4 is 15.8 Å². The average molecular weight is 465 g/mol. The lowest BCUT2D eigenvalue weighted by Crippen LogP contribution is -2.35. The summed E-state index contributed by atoms with van der Waals surface area (Å²) in [4.78, 5) is 22.4. The maximum Gasteiger partial charge on any atom is 0.416 e. The Bertz CT molecular complexity index is 1120. The van der Waals surface area contributed by atoms with Crippen LogP contribution in [0.3, 0.4) is 0 Å². The number of primary amides is 1. The number of amides is 3. The number of hydrogen-bond donors (Lipinski definition) is 2. The number of aromatic nitrogens is 3. The number of benzene rings is 2. The minimum atomic E-state index is -4.52. The molecule has 0 fully saturated rings. The first-order chi connectivity index (χ1) is 15.2. The zero-order valence-electron chi connectivity index (χ0n) is 16.7. The van der Waals surface area contributed by atoms with Crippen LogP contribution in [0, 0.1) is 0 Å². The van der Waals surface area contributed by atoms with Gasteiger partial charge in [-0.25, -0.2) is 4.79 Å². The lowest BCUT2D eigenvalue weighted by molar-refractivity contribution is -0.137. The SMILES string of the molecule is COc1ccc(-c2nnc(SCCC(=O)NC(N)=O)n2-c2cccc(C(F)(F)F)c2)cc1. The summed E-state index contributed by atoms with van der Waals surface area (Å²) in [6, 6.07) is 10.6. The number of thioether (sulfide) groups is 1. The van der Waals surface area contributed by atoms with Crippen LogP contribution in [-0.4, -0.2) is 39.6 Å². The largest absolute Gasteiger partial charge is 0.497 e. The molecule has 0 aliphatic carbocycles. The van der Waals surface area contributed by atoms with Crippen LogP contribution in [0.2, 0.25) is 0 Å². The molecule has 0 aliphatic rings. The molecule has 0 aliphatic heterocycles. The van der Waals surface area contributed by atoms with Crippen molar-refractivity contribution < 1.29 is 27.5 Å². The third-order valence-corrected chi connectivity index (χ3v) is 5.17. The fourth-order valence-electron chi connectivity index (χ4n) is 2.78. The van der Waals surface area contributed by atoms with E-state index in [1.165, 1.54) is 23.8 Å². The van der Waals surface area contributed by atoms with Gasteiger partial charge in [-0.15, -0.1) is 10.2 Å². The van der Waals surface area contributed by atoms with Gasteiger partial charge in [-0.1, -0.05) is 17.8 Å². The van der Waals surface area contributed by atoms with Crippen molar-refractivity contribution in [3.63, 3.8) is 0 Å². The van der Waals surface area contributed by atoms with E-state index >= 15 is 0 Å². The third-order valence-electron chi connectivity index (χ3n) is 4.24. The van der Waals surface area contributed by atoms with E-state index in [9.17, 15) is 22.8 Å². The molecule has 1 aromatic heterocycles. The Hall–Kier alpha value is -3.54. The van der Waals surface area contributed by atoms with Gasteiger partial charge in [0.25, 0.3) is 0 Å². The summed E-state index contributed by atoms with van der Waals surface area (Å²) >= 11 is 1.10. The Morgan fingerprint density at radius 2 is 1.88 bits per heavy atom. The fraction of sp³-hybridized carbons (Fsp3) is 0.200. The molecule has 0 saturated heterocycles. The second kappa shape index (κ2) is 9.73. The summed E-state index contributed by atoms with van der Waals surface area (Å²) in [5.41, 5.74) is 4.90. The van der Waals surface area contributed by atoms with Crippen LogP contribution in [0.1, 0.15) is 12.0 Å². The first-order valence-electron chi connectivity index (χ1n) is 9.18. The van der Waals surface area contributed by atoms with Crippen LogP contribution in [0.25, 0.3) is 17.1 Å². The second-order valence-electron chi connectivity index (χ2n) is 6.43. The molecule has 32 heavy (non-hydrogen) atoms. The van der Waals surface area contributed by atoms with Crippen LogP contribution in [0.5, 0.6) is 5.75 Å². The molecule has 3 N–H and O–H groups in total. The molecule has 0 saturated carbocycles. The Balaban J connectivity index is 1.98. The van der Waals surface area contributed by atoms with Gasteiger partial charge < -0.3 is 10.5 Å². The minimum Gasteiger partial charge on any atom is -0.497 e. The number of halogens is 3. The number of nitrogens with one attached hydrogen (secondary N) is 1. The van der Waals surface area contributed by atoms with Gasteiger partial charge in [0, 0.05) is 17.7 Å². The highest BCUT2D eigenvalue weighted by Crippen LogP contribution is 2.33. The van der Waals surface area contributed by atoms with Crippen LogP contribution >= 0.6 is 11.8 Å². The Labute approximate surface area is 185 Å². The standard InChI is InChI=1S/C20H18F3N5O3S/c1-31-15-7-5-12(6-8-15)17-26-27-19(32-10-9-16(29)25-18(24)30)28(17)14-4-2-3-13(11-14)20(21,22)23/h2-8,11H,9-10H2,1H3,(H3,24,25,29,30). The predicted octanol–water partition coefficient (Wildman–Crippen LogP) is 3.64. The number of nitrogens with zero attached hydrogens (tertiary/aromatic N) is 3. The summed E-state index contributed by atoms with van der Waals surface area (Å²) in [6.45, 7) is 0. The second-order valence-corrected chi connectivity index (χ2v) is 7.49. The monoisotopic (exact) mass is 465 g/mol. The van der Waals surface area contributed by atoms with Crippen molar-refractivity contribution in [3.05, 3.63) is 54.1 Å². The molecule has 0 atom stereocenters. The van der Waals surface area contributed by atoms with Crippen LogP contribution in [-0.2, 0) is 11.0 Å². The van der Waals surface area contributed by atoms with Crippen molar-refractivity contribution in [3.8, 4) is 22.8 Å². The molecule has 8 nitrogen and oxygen atoms in total. The molecular weight excluding hydrogens is 447 g/mol. The number of rotatable bonds is 7. The van der Waals surface area contributed by atoms with E-state index in [4.69, 9.17) is 10.5 Å². The summed E-state index contributed by atoms with van der Waals surface area (Å²) < 4.78 is 46.4. The van der Waals surface area contributed by atoms with Gasteiger partial charge in [-0.3, -0.25) is 14.7 Å². The average Bonchev–Trinajstić information content (AvgIpc) is 3.16. The quantitative estimate of drug-likeness (QED) is 0.516. The van der Waals surface area contributed by atoms with E-state index in [1.807, 2.05) is 5.32 Å². The highest BCUT2D eigenvalue weighted by atomic mass is 32.2. The van der Waals surface area contributed by atoms with E-state index in [-0.39, 0.29) is 23.0 Å². The van der Waals surface area contributed by atoms with Gasteiger partial charge in [0.2, 0.25) is 5.91 Å². The molecule has 0 spiro atoms. The number of ether oxygens (including phenoxy) is 1. The lowest BCUT2D eigenvalue weighted by atomic mass is 10.1. The number of carbonyl (C=O) groups is 2. The normalized spacial score (nSPS) is 11.2. The third kappa shape index (κ3) is 5.58. The lowest BCUT2D eigenvalue weighted by Gasteiger charge is -2.13. The number of carbonyl (C=O) groups excluding carboxylic acids is 2. The van der Waals surface area contributed by atoms with E-state index in [0.29, 0.717) is 17.1 Å². The van der Waals surface area contributed by atoms with Gasteiger partial charge in [0.05, 0.1) is 18.4 Å². The van der Waals surface area contributed by atoms with Crippen molar-refractivity contribution in [2.24, 2.45) is 5.73 Å². The topological polar surface area (TPSA) is 112 Å². The molecule has 168 valence electrons. The van der Waals surface area contributed by atoms with Gasteiger partial charge in [0.1, 0.15) is 5.75 Å². The number of methoxy groups -OCH3 is 1. The van der Waals surface area contributed by atoms with E-state index in [1.54, 1.807) is 24.3 Å². The smallest absolute Gasteiger partial charge is 0.416 e. The fourth-order valence-corrected chi connectivity index (χ4v) is 3.67. The molecule has 0 bridgehead atoms. The first kappa shape index (κ1) is 23.1. The molecule has 12 heteroatoms. The van der Waals surface area contributed by atoms with Crippen LogP contribution in [0.15, 0.2) is 53.7 Å². The maximum absolute atomic E-state index is 13.3. The number of urea groups is 1. The molecule has 3 amide bonds.